The van der Waals surface area contributed by atoms with E-state index in [4.69, 9.17) is 23.2 Å². The molecule has 1 aliphatic heterocycles. The minimum atomic E-state index is -3.79. The lowest BCUT2D eigenvalue weighted by atomic mass is 9.95. The Hall–Kier alpha value is -2.70. The van der Waals surface area contributed by atoms with Crippen molar-refractivity contribution in [2.24, 2.45) is 0 Å². The summed E-state index contributed by atoms with van der Waals surface area (Å²) in [4.78, 5) is 13.5. The summed E-state index contributed by atoms with van der Waals surface area (Å²) in [7, 11) is -3.79. The number of nitrogens with zero attached hydrogens (tertiary/aromatic N) is 1. The van der Waals surface area contributed by atoms with Gasteiger partial charge in [0, 0.05) is 34.3 Å². The molecule has 4 rings (SSSR count). The maximum absolute atomic E-state index is 13.3. The van der Waals surface area contributed by atoms with Crippen molar-refractivity contribution in [3.05, 3.63) is 111 Å². The Morgan fingerprint density at radius 2 is 1.12 bits per heavy atom. The highest BCUT2D eigenvalue weighted by atomic mass is 35.5. The summed E-state index contributed by atoms with van der Waals surface area (Å²) in [6.07, 6.45) is 3.42. The first kappa shape index (κ1) is 22.5. The van der Waals surface area contributed by atoms with E-state index in [1.165, 1.54) is 4.31 Å². The molecule has 0 amide bonds. The molecular formula is C25H19Cl2NO3S. The monoisotopic (exact) mass is 483 g/mol. The van der Waals surface area contributed by atoms with Crippen LogP contribution in [-0.4, -0.2) is 31.6 Å². The molecule has 0 bridgehead atoms. The SMILES string of the molecule is O=C1C(=Cc2ccc(Cl)cc2)CN(S(=O)(=O)c2ccccc2)CC1=Cc1ccc(Cl)cc1. The van der Waals surface area contributed by atoms with Gasteiger partial charge >= 0.3 is 0 Å². The normalized spacial score (nSPS) is 17.8. The number of ketones is 1. The fourth-order valence-electron chi connectivity index (χ4n) is 3.44. The van der Waals surface area contributed by atoms with Gasteiger partial charge in [0.15, 0.2) is 5.78 Å². The van der Waals surface area contributed by atoms with E-state index in [1.54, 1.807) is 91.0 Å². The minimum absolute atomic E-state index is 0.0172. The lowest BCUT2D eigenvalue weighted by molar-refractivity contribution is -0.113. The second-order valence-electron chi connectivity index (χ2n) is 7.36. The topological polar surface area (TPSA) is 54.5 Å². The number of piperidine rings is 1. The van der Waals surface area contributed by atoms with Crippen LogP contribution in [0.4, 0.5) is 0 Å². The third-order valence-corrected chi connectivity index (χ3v) is 7.39. The molecule has 0 spiro atoms. The van der Waals surface area contributed by atoms with Gasteiger partial charge in [0.1, 0.15) is 0 Å². The number of sulfonamides is 1. The molecule has 7 heteroatoms. The minimum Gasteiger partial charge on any atom is -0.289 e. The number of hydrogen-bond acceptors (Lipinski definition) is 3. The molecule has 4 nitrogen and oxygen atoms in total. The highest BCUT2D eigenvalue weighted by Crippen LogP contribution is 2.27. The van der Waals surface area contributed by atoms with E-state index in [9.17, 15) is 13.2 Å². The number of halogens is 2. The molecule has 1 heterocycles. The first-order chi connectivity index (χ1) is 15.3. The number of benzene rings is 3. The van der Waals surface area contributed by atoms with E-state index in [1.807, 2.05) is 0 Å². The summed E-state index contributed by atoms with van der Waals surface area (Å²) < 4.78 is 27.9. The largest absolute Gasteiger partial charge is 0.289 e. The Morgan fingerprint density at radius 1 is 0.688 bits per heavy atom. The third kappa shape index (κ3) is 5.03. The number of hydrogen-bond donors (Lipinski definition) is 0. The van der Waals surface area contributed by atoms with Gasteiger partial charge in [0.05, 0.1) is 4.90 Å². The van der Waals surface area contributed by atoms with Gasteiger partial charge in [0.2, 0.25) is 10.0 Å². The lowest BCUT2D eigenvalue weighted by Crippen LogP contribution is -2.41. The molecule has 3 aromatic rings. The van der Waals surface area contributed by atoms with Crippen molar-refractivity contribution in [2.75, 3.05) is 13.1 Å². The standard InChI is InChI=1S/C25H19Cl2NO3S/c26-22-10-6-18(7-11-22)14-20-16-28(32(30,31)24-4-2-1-3-5-24)17-21(25(20)29)15-19-8-12-23(27)13-9-19/h1-15H,16-17H2. The van der Waals surface area contributed by atoms with Gasteiger partial charge in [-0.25, -0.2) is 8.42 Å². The van der Waals surface area contributed by atoms with E-state index in [0.29, 0.717) is 21.2 Å². The molecule has 32 heavy (non-hydrogen) atoms. The van der Waals surface area contributed by atoms with Gasteiger partial charge in [-0.05, 0) is 59.7 Å². The van der Waals surface area contributed by atoms with E-state index in [2.05, 4.69) is 0 Å². The number of carbonyl (C=O) groups is 1. The molecule has 0 saturated carbocycles. The Labute approximate surface area is 197 Å². The molecule has 3 aromatic carbocycles. The Morgan fingerprint density at radius 3 is 1.56 bits per heavy atom. The van der Waals surface area contributed by atoms with Crippen LogP contribution in [0.2, 0.25) is 10.0 Å². The maximum Gasteiger partial charge on any atom is 0.243 e. The second kappa shape index (κ2) is 9.43. The molecule has 0 aliphatic carbocycles. The Kier molecular flexibility index (Phi) is 6.63. The van der Waals surface area contributed by atoms with Crippen molar-refractivity contribution < 1.29 is 13.2 Å². The van der Waals surface area contributed by atoms with Crippen LogP contribution in [0.5, 0.6) is 0 Å². The zero-order valence-electron chi connectivity index (χ0n) is 16.9. The van der Waals surface area contributed by atoms with Gasteiger partial charge in [0.25, 0.3) is 0 Å². The quantitative estimate of drug-likeness (QED) is 0.445. The fourth-order valence-corrected chi connectivity index (χ4v) is 5.11. The maximum atomic E-state index is 13.3. The first-order valence-corrected chi connectivity index (χ1v) is 12.0. The van der Waals surface area contributed by atoms with Crippen LogP contribution in [0.15, 0.2) is 94.9 Å². The van der Waals surface area contributed by atoms with Gasteiger partial charge in [-0.2, -0.15) is 4.31 Å². The molecule has 0 atom stereocenters. The van der Waals surface area contributed by atoms with E-state index in [-0.39, 0.29) is 23.8 Å². The molecular weight excluding hydrogens is 465 g/mol. The lowest BCUT2D eigenvalue weighted by Gasteiger charge is -2.29. The zero-order valence-corrected chi connectivity index (χ0v) is 19.2. The van der Waals surface area contributed by atoms with Crippen molar-refractivity contribution >= 4 is 51.2 Å². The van der Waals surface area contributed by atoms with Crippen LogP contribution in [0, 0.1) is 0 Å². The van der Waals surface area contributed by atoms with Crippen LogP contribution < -0.4 is 0 Å². The Balaban J connectivity index is 1.77. The van der Waals surface area contributed by atoms with Crippen molar-refractivity contribution in [2.45, 2.75) is 4.90 Å². The fraction of sp³-hybridized carbons (Fsp3) is 0.0800. The molecule has 1 fully saturated rings. The van der Waals surface area contributed by atoms with E-state index >= 15 is 0 Å². The summed E-state index contributed by atoms with van der Waals surface area (Å²) >= 11 is 11.9. The predicted octanol–water partition coefficient (Wildman–Crippen LogP) is 5.73. The molecule has 0 unspecified atom stereocenters. The molecule has 0 N–H and O–H groups in total. The van der Waals surface area contributed by atoms with Crippen molar-refractivity contribution in [3.8, 4) is 0 Å². The second-order valence-corrected chi connectivity index (χ2v) is 10.2. The van der Waals surface area contributed by atoms with Crippen molar-refractivity contribution in [3.63, 3.8) is 0 Å². The Bertz CT molecular complexity index is 1230. The third-order valence-electron chi connectivity index (χ3n) is 5.08. The van der Waals surface area contributed by atoms with Crippen LogP contribution in [0.1, 0.15) is 11.1 Å². The number of carbonyl (C=O) groups excluding carboxylic acids is 1. The van der Waals surface area contributed by atoms with Crippen LogP contribution in [0.25, 0.3) is 12.2 Å². The molecule has 162 valence electrons. The average molecular weight is 484 g/mol. The van der Waals surface area contributed by atoms with Crippen LogP contribution >= 0.6 is 23.2 Å². The first-order valence-electron chi connectivity index (χ1n) is 9.85. The van der Waals surface area contributed by atoms with Gasteiger partial charge in [-0.15, -0.1) is 0 Å². The van der Waals surface area contributed by atoms with Gasteiger partial charge in [-0.3, -0.25) is 4.79 Å². The number of Topliss-reactive ketones (excluding diaryl/α,β-unsaturated/α-hetero) is 1. The summed E-state index contributed by atoms with van der Waals surface area (Å²) in [5, 5.41) is 1.16. The summed E-state index contributed by atoms with van der Waals surface area (Å²) in [6.45, 7) is -0.0344. The van der Waals surface area contributed by atoms with Crippen molar-refractivity contribution in [1.82, 2.24) is 4.31 Å². The average Bonchev–Trinajstić information content (AvgIpc) is 2.80. The molecule has 1 aliphatic rings. The predicted molar refractivity (Wildman–Crippen MR) is 129 cm³/mol. The highest BCUT2D eigenvalue weighted by molar-refractivity contribution is 7.89. The van der Waals surface area contributed by atoms with E-state index < -0.39 is 10.0 Å². The molecule has 1 saturated heterocycles. The molecule has 0 aromatic heterocycles. The number of rotatable bonds is 4. The highest BCUT2D eigenvalue weighted by Gasteiger charge is 2.34. The van der Waals surface area contributed by atoms with E-state index in [0.717, 1.165) is 11.1 Å². The summed E-state index contributed by atoms with van der Waals surface area (Å²) in [5.41, 5.74) is 2.31. The van der Waals surface area contributed by atoms with Crippen LogP contribution in [-0.2, 0) is 14.8 Å². The van der Waals surface area contributed by atoms with Crippen LogP contribution in [0.3, 0.4) is 0 Å². The van der Waals surface area contributed by atoms with Crippen molar-refractivity contribution in [1.29, 1.82) is 0 Å². The zero-order chi connectivity index (χ0) is 22.7. The molecule has 0 radical (unpaired) electrons. The summed E-state index contributed by atoms with van der Waals surface area (Å²) in [5.74, 6) is -0.186. The van der Waals surface area contributed by atoms with Gasteiger partial charge in [-0.1, -0.05) is 65.7 Å². The smallest absolute Gasteiger partial charge is 0.243 e. The van der Waals surface area contributed by atoms with Gasteiger partial charge < -0.3 is 0 Å². The summed E-state index contributed by atoms with van der Waals surface area (Å²) in [6, 6.07) is 22.3.